The largest absolute Gasteiger partial charge is 0.489 e. The molecule has 180 valence electrons. The van der Waals surface area contributed by atoms with Crippen LogP contribution in [-0.2, 0) is 11.2 Å². The molecule has 0 bridgehead atoms. The molecule has 1 unspecified atom stereocenters. The van der Waals surface area contributed by atoms with E-state index in [0.29, 0.717) is 5.56 Å². The number of fused-ring (bicyclic) bond motifs is 2. The highest BCUT2D eigenvalue weighted by molar-refractivity contribution is 5.91. The van der Waals surface area contributed by atoms with Gasteiger partial charge in [-0.25, -0.2) is 4.79 Å². The van der Waals surface area contributed by atoms with Crippen LogP contribution in [0.25, 0.3) is 6.08 Å². The third kappa shape index (κ3) is 4.76. The number of aryl methyl sites for hydroxylation is 2. The topological polar surface area (TPSA) is 47.6 Å². The van der Waals surface area contributed by atoms with Crippen molar-refractivity contribution in [1.29, 1.82) is 0 Å². The van der Waals surface area contributed by atoms with E-state index in [1.807, 2.05) is 31.2 Å². The maximum atomic E-state index is 12.3. The monoisotopic (exact) mass is 467 g/mol. The Labute approximate surface area is 208 Å². The van der Waals surface area contributed by atoms with E-state index in [1.54, 1.807) is 0 Å². The molecule has 0 amide bonds. The second-order valence-electron chi connectivity index (χ2n) is 9.62. The Kier molecular flexibility index (Phi) is 6.74. The van der Waals surface area contributed by atoms with E-state index in [9.17, 15) is 4.79 Å². The fraction of sp³-hybridized carbons (Fsp3) is 0.323. The number of carbonyl (C=O) groups is 1. The second kappa shape index (κ2) is 10.1. The van der Waals surface area contributed by atoms with Gasteiger partial charge < -0.3 is 14.8 Å². The first-order valence-electron chi connectivity index (χ1n) is 12.5. The Balaban J connectivity index is 1.37. The average Bonchev–Trinajstić information content (AvgIpc) is 2.90. The lowest BCUT2D eigenvalue weighted by atomic mass is 9.83. The van der Waals surface area contributed by atoms with Crippen molar-refractivity contribution in [3.05, 3.63) is 106 Å². The molecule has 0 aromatic heterocycles. The van der Waals surface area contributed by atoms with Crippen molar-refractivity contribution in [2.75, 3.05) is 13.7 Å². The van der Waals surface area contributed by atoms with Crippen LogP contribution in [0.4, 0.5) is 0 Å². The van der Waals surface area contributed by atoms with Gasteiger partial charge in [0.05, 0.1) is 12.7 Å². The van der Waals surface area contributed by atoms with Crippen molar-refractivity contribution in [2.24, 2.45) is 0 Å². The quantitative estimate of drug-likeness (QED) is 0.428. The molecular weight excluding hydrogens is 434 g/mol. The Morgan fingerprint density at radius 1 is 1.14 bits per heavy atom. The summed E-state index contributed by atoms with van der Waals surface area (Å²) in [6, 6.07) is 21.2. The molecule has 1 N–H and O–H groups in total. The zero-order valence-corrected chi connectivity index (χ0v) is 20.7. The average molecular weight is 468 g/mol. The predicted molar refractivity (Wildman–Crippen MR) is 140 cm³/mol. The summed E-state index contributed by atoms with van der Waals surface area (Å²) in [5.74, 6) is 0.777. The van der Waals surface area contributed by atoms with Crippen LogP contribution in [0.5, 0.6) is 5.75 Å². The Morgan fingerprint density at radius 2 is 2.00 bits per heavy atom. The summed E-state index contributed by atoms with van der Waals surface area (Å²) in [6.45, 7) is 4.92. The maximum Gasteiger partial charge on any atom is 0.338 e. The molecule has 35 heavy (non-hydrogen) atoms. The van der Waals surface area contributed by atoms with Gasteiger partial charge in [0.15, 0.2) is 0 Å². The number of hydrogen-bond donors (Lipinski definition) is 1. The van der Waals surface area contributed by atoms with Crippen LogP contribution in [0.15, 0.2) is 66.7 Å². The molecule has 1 heterocycles. The fourth-order valence-corrected chi connectivity index (χ4v) is 5.41. The number of hydrogen-bond acceptors (Lipinski definition) is 4. The van der Waals surface area contributed by atoms with Gasteiger partial charge in [-0.3, -0.25) is 0 Å². The molecular formula is C31H33NO3. The SMILES string of the molecule is COC(=O)c1cc(C2C[C@H](CN[C@H](C)c3cccc4c3C=CCC4)Oc3ccccc32)ccc1C. The van der Waals surface area contributed by atoms with Gasteiger partial charge in [0.2, 0.25) is 0 Å². The van der Waals surface area contributed by atoms with Crippen molar-refractivity contribution in [1.82, 2.24) is 5.32 Å². The summed E-state index contributed by atoms with van der Waals surface area (Å²) < 4.78 is 11.5. The minimum absolute atomic E-state index is 0.0234. The van der Waals surface area contributed by atoms with Gasteiger partial charge in [-0.1, -0.05) is 60.7 Å². The van der Waals surface area contributed by atoms with Crippen molar-refractivity contribution in [2.45, 2.75) is 51.2 Å². The number of para-hydroxylation sites is 1. The predicted octanol–water partition coefficient (Wildman–Crippen LogP) is 6.37. The summed E-state index contributed by atoms with van der Waals surface area (Å²) in [7, 11) is 1.43. The molecule has 0 radical (unpaired) electrons. The number of esters is 1. The molecule has 0 spiro atoms. The van der Waals surface area contributed by atoms with Crippen LogP contribution < -0.4 is 10.1 Å². The van der Waals surface area contributed by atoms with Crippen LogP contribution in [0.2, 0.25) is 0 Å². The molecule has 3 atom stereocenters. The number of ether oxygens (including phenoxy) is 2. The van der Waals surface area contributed by atoms with Gasteiger partial charge in [0.1, 0.15) is 11.9 Å². The third-order valence-corrected chi connectivity index (χ3v) is 7.37. The van der Waals surface area contributed by atoms with E-state index in [-0.39, 0.29) is 24.0 Å². The molecule has 4 nitrogen and oxygen atoms in total. The highest BCUT2D eigenvalue weighted by Crippen LogP contribution is 2.41. The Morgan fingerprint density at radius 3 is 2.86 bits per heavy atom. The van der Waals surface area contributed by atoms with E-state index < -0.39 is 0 Å². The van der Waals surface area contributed by atoms with Gasteiger partial charge in [0, 0.05) is 24.1 Å². The van der Waals surface area contributed by atoms with E-state index in [0.717, 1.165) is 42.7 Å². The molecule has 3 aromatic rings. The number of rotatable bonds is 6. The number of benzene rings is 3. The number of nitrogens with one attached hydrogen (secondary N) is 1. The van der Waals surface area contributed by atoms with E-state index in [2.05, 4.69) is 60.8 Å². The van der Waals surface area contributed by atoms with Gasteiger partial charge in [0.25, 0.3) is 0 Å². The van der Waals surface area contributed by atoms with Gasteiger partial charge in [-0.15, -0.1) is 0 Å². The van der Waals surface area contributed by atoms with Crippen molar-refractivity contribution in [3.63, 3.8) is 0 Å². The molecule has 5 rings (SSSR count). The van der Waals surface area contributed by atoms with Crippen LogP contribution in [0.1, 0.15) is 75.5 Å². The molecule has 0 fully saturated rings. The first-order valence-corrected chi connectivity index (χ1v) is 12.5. The lowest BCUT2D eigenvalue weighted by Crippen LogP contribution is -2.37. The lowest BCUT2D eigenvalue weighted by molar-refractivity contribution is 0.0599. The first-order chi connectivity index (χ1) is 17.0. The van der Waals surface area contributed by atoms with Gasteiger partial charge >= 0.3 is 5.97 Å². The summed E-state index contributed by atoms with van der Waals surface area (Å²) >= 11 is 0. The summed E-state index contributed by atoms with van der Waals surface area (Å²) in [5, 5.41) is 3.74. The molecule has 0 saturated carbocycles. The van der Waals surface area contributed by atoms with E-state index >= 15 is 0 Å². The highest BCUT2D eigenvalue weighted by Gasteiger charge is 2.30. The Hall–Kier alpha value is -3.37. The molecule has 3 aromatic carbocycles. The first kappa shape index (κ1) is 23.4. The van der Waals surface area contributed by atoms with Crippen molar-refractivity contribution < 1.29 is 14.3 Å². The van der Waals surface area contributed by atoms with E-state index in [1.165, 1.54) is 29.4 Å². The van der Waals surface area contributed by atoms with Gasteiger partial charge in [-0.05, 0) is 73.1 Å². The maximum absolute atomic E-state index is 12.3. The molecule has 0 saturated heterocycles. The Bertz CT molecular complexity index is 1260. The minimum atomic E-state index is -0.294. The van der Waals surface area contributed by atoms with Crippen LogP contribution in [0, 0.1) is 6.92 Å². The van der Waals surface area contributed by atoms with E-state index in [4.69, 9.17) is 9.47 Å². The highest BCUT2D eigenvalue weighted by atomic mass is 16.5. The zero-order valence-electron chi connectivity index (χ0n) is 20.7. The zero-order chi connectivity index (χ0) is 24.4. The molecule has 1 aliphatic carbocycles. The summed E-state index contributed by atoms with van der Waals surface area (Å²) in [4.78, 5) is 12.3. The van der Waals surface area contributed by atoms with Crippen molar-refractivity contribution >= 4 is 12.0 Å². The van der Waals surface area contributed by atoms with Crippen LogP contribution in [0.3, 0.4) is 0 Å². The van der Waals surface area contributed by atoms with Crippen LogP contribution in [-0.4, -0.2) is 25.7 Å². The van der Waals surface area contributed by atoms with Crippen LogP contribution >= 0.6 is 0 Å². The lowest BCUT2D eigenvalue weighted by Gasteiger charge is -2.34. The molecule has 4 heteroatoms. The molecule has 2 aliphatic rings. The van der Waals surface area contributed by atoms with Crippen molar-refractivity contribution in [3.8, 4) is 5.75 Å². The third-order valence-electron chi connectivity index (χ3n) is 7.37. The number of carbonyl (C=O) groups excluding carboxylic acids is 1. The second-order valence-corrected chi connectivity index (χ2v) is 9.62. The normalized spacial score (nSPS) is 19.3. The standard InChI is InChI=1S/C31H33NO3/c1-20-15-16-23(17-28(20)31(33)34-3)29-18-24(35-30-14-7-6-12-27(29)30)19-32-21(2)25-13-8-10-22-9-4-5-11-26(22)25/h5-8,10-17,21,24,29,32H,4,9,18-19H2,1-3H3/t21-,24-,29?/m1/s1. The smallest absolute Gasteiger partial charge is 0.338 e. The fourth-order valence-electron chi connectivity index (χ4n) is 5.41. The number of allylic oxidation sites excluding steroid dienone is 1. The number of methoxy groups -OCH3 is 1. The molecule has 1 aliphatic heterocycles. The summed E-state index contributed by atoms with van der Waals surface area (Å²) in [5.41, 5.74) is 7.97. The van der Waals surface area contributed by atoms with Gasteiger partial charge in [-0.2, -0.15) is 0 Å². The summed E-state index contributed by atoms with van der Waals surface area (Å²) in [6.07, 6.45) is 7.63. The minimum Gasteiger partial charge on any atom is -0.489 e.